The predicted molar refractivity (Wildman–Crippen MR) is 55.2 cm³/mol. The molecule has 0 aromatic carbocycles. The molecular weight excluding hydrogens is 285 g/mol. The van der Waals surface area contributed by atoms with E-state index in [2.05, 4.69) is 4.98 Å². The van der Waals surface area contributed by atoms with Crippen LogP contribution in [0.1, 0.15) is 16.8 Å². The molecule has 72 valence electrons. The monoisotopic (exact) mass is 295 g/mol. The van der Waals surface area contributed by atoms with Gasteiger partial charge in [0.15, 0.2) is 0 Å². The number of aryl methyl sites for hydroxylation is 1. The standard InChI is InChI=1S/C8H10INO3/c1-4-7(13)5(2-11)6(3-12)8(9)10-4/h11-13H,2-3H2,1H3. The number of aromatic hydroxyl groups is 1. The van der Waals surface area contributed by atoms with Crippen LogP contribution in [0.2, 0.25) is 0 Å². The van der Waals surface area contributed by atoms with E-state index in [4.69, 9.17) is 10.2 Å². The Hall–Kier alpha value is -0.400. The molecule has 1 aromatic rings. The minimum absolute atomic E-state index is 0.0352. The highest BCUT2D eigenvalue weighted by Gasteiger charge is 2.14. The molecule has 0 bridgehead atoms. The van der Waals surface area contributed by atoms with Gasteiger partial charge in [-0.3, -0.25) is 0 Å². The first-order valence-corrected chi connectivity index (χ1v) is 4.78. The molecule has 0 radical (unpaired) electrons. The van der Waals surface area contributed by atoms with Crippen LogP contribution in [0.5, 0.6) is 5.75 Å². The van der Waals surface area contributed by atoms with Crippen molar-refractivity contribution in [3.05, 3.63) is 20.5 Å². The zero-order chi connectivity index (χ0) is 10.0. The fourth-order valence-corrected chi connectivity index (χ4v) is 1.94. The van der Waals surface area contributed by atoms with Crippen LogP contribution in [-0.2, 0) is 13.2 Å². The third-order valence-corrected chi connectivity index (χ3v) is 2.72. The summed E-state index contributed by atoms with van der Waals surface area (Å²) >= 11 is 1.96. The van der Waals surface area contributed by atoms with Crippen molar-refractivity contribution in [3.63, 3.8) is 0 Å². The molecule has 0 unspecified atom stereocenters. The highest BCUT2D eigenvalue weighted by molar-refractivity contribution is 14.1. The van der Waals surface area contributed by atoms with Crippen LogP contribution in [0.15, 0.2) is 0 Å². The Bertz CT molecular complexity index is 328. The molecule has 0 saturated heterocycles. The summed E-state index contributed by atoms with van der Waals surface area (Å²) < 4.78 is 0.611. The van der Waals surface area contributed by atoms with Gasteiger partial charge in [0.05, 0.1) is 18.9 Å². The lowest BCUT2D eigenvalue weighted by atomic mass is 10.1. The summed E-state index contributed by atoms with van der Waals surface area (Å²) in [4.78, 5) is 4.02. The molecule has 13 heavy (non-hydrogen) atoms. The van der Waals surface area contributed by atoms with Crippen LogP contribution in [0.3, 0.4) is 0 Å². The van der Waals surface area contributed by atoms with Gasteiger partial charge in [0.2, 0.25) is 0 Å². The topological polar surface area (TPSA) is 73.6 Å². The predicted octanol–water partition coefficient (Wildman–Crippen LogP) is 0.685. The molecule has 1 heterocycles. The summed E-state index contributed by atoms with van der Waals surface area (Å²) in [6.07, 6.45) is 0. The van der Waals surface area contributed by atoms with Crippen molar-refractivity contribution in [3.8, 4) is 5.75 Å². The first kappa shape index (κ1) is 10.7. The van der Waals surface area contributed by atoms with Crippen LogP contribution >= 0.6 is 22.6 Å². The zero-order valence-corrected chi connectivity index (χ0v) is 9.24. The van der Waals surface area contributed by atoms with E-state index in [1.807, 2.05) is 22.6 Å². The summed E-state index contributed by atoms with van der Waals surface area (Å²) in [6.45, 7) is 1.13. The van der Waals surface area contributed by atoms with Crippen LogP contribution in [0, 0.1) is 10.6 Å². The van der Waals surface area contributed by atoms with E-state index in [1.54, 1.807) is 6.92 Å². The first-order valence-electron chi connectivity index (χ1n) is 3.70. The summed E-state index contributed by atoms with van der Waals surface area (Å²) in [5, 5.41) is 27.5. The Labute approximate surface area is 89.4 Å². The van der Waals surface area contributed by atoms with E-state index in [0.717, 1.165) is 0 Å². The number of hydrogen-bond acceptors (Lipinski definition) is 4. The molecule has 0 aliphatic heterocycles. The number of aromatic nitrogens is 1. The Morgan fingerprint density at radius 3 is 2.23 bits per heavy atom. The van der Waals surface area contributed by atoms with Crippen molar-refractivity contribution in [2.24, 2.45) is 0 Å². The minimum Gasteiger partial charge on any atom is -0.506 e. The molecule has 0 aliphatic carbocycles. The van der Waals surface area contributed by atoms with Crippen molar-refractivity contribution < 1.29 is 15.3 Å². The fraction of sp³-hybridized carbons (Fsp3) is 0.375. The Balaban J connectivity index is 3.41. The first-order chi connectivity index (χ1) is 6.11. The quantitative estimate of drug-likeness (QED) is 0.554. The van der Waals surface area contributed by atoms with E-state index in [1.165, 1.54) is 0 Å². The van der Waals surface area contributed by atoms with Gasteiger partial charge in [-0.05, 0) is 29.5 Å². The Morgan fingerprint density at radius 1 is 1.23 bits per heavy atom. The number of aliphatic hydroxyl groups is 2. The van der Waals surface area contributed by atoms with E-state index in [9.17, 15) is 5.11 Å². The highest BCUT2D eigenvalue weighted by atomic mass is 127. The van der Waals surface area contributed by atoms with Crippen LogP contribution < -0.4 is 0 Å². The summed E-state index contributed by atoms with van der Waals surface area (Å²) in [5.74, 6) is -0.0352. The number of hydrogen-bond donors (Lipinski definition) is 3. The van der Waals surface area contributed by atoms with Crippen molar-refractivity contribution in [2.45, 2.75) is 20.1 Å². The van der Waals surface area contributed by atoms with Crippen molar-refractivity contribution in [2.75, 3.05) is 0 Å². The maximum atomic E-state index is 9.50. The Morgan fingerprint density at radius 2 is 1.77 bits per heavy atom. The maximum absolute atomic E-state index is 9.50. The second-order valence-corrected chi connectivity index (χ2v) is 3.63. The molecule has 1 rings (SSSR count). The molecule has 0 fully saturated rings. The second-order valence-electron chi connectivity index (χ2n) is 2.61. The van der Waals surface area contributed by atoms with Gasteiger partial charge >= 0.3 is 0 Å². The van der Waals surface area contributed by atoms with Gasteiger partial charge in [0, 0.05) is 11.1 Å². The number of nitrogens with zero attached hydrogens (tertiary/aromatic N) is 1. The lowest BCUT2D eigenvalue weighted by molar-refractivity contribution is 0.253. The van der Waals surface area contributed by atoms with E-state index in [0.29, 0.717) is 20.5 Å². The van der Waals surface area contributed by atoms with Gasteiger partial charge in [-0.25, -0.2) is 4.98 Å². The Kier molecular flexibility index (Phi) is 3.46. The molecular formula is C8H10INO3. The van der Waals surface area contributed by atoms with E-state index >= 15 is 0 Å². The molecule has 4 nitrogen and oxygen atoms in total. The number of aliphatic hydroxyl groups excluding tert-OH is 2. The van der Waals surface area contributed by atoms with Gasteiger partial charge in [-0.1, -0.05) is 0 Å². The molecule has 0 spiro atoms. The molecule has 5 heteroatoms. The van der Waals surface area contributed by atoms with Crippen molar-refractivity contribution >= 4 is 22.6 Å². The van der Waals surface area contributed by atoms with Crippen LogP contribution in [0.25, 0.3) is 0 Å². The lowest BCUT2D eigenvalue weighted by Gasteiger charge is -2.10. The molecule has 0 atom stereocenters. The van der Waals surface area contributed by atoms with E-state index < -0.39 is 0 Å². The van der Waals surface area contributed by atoms with Gasteiger partial charge in [-0.15, -0.1) is 0 Å². The average Bonchev–Trinajstić information content (AvgIpc) is 2.10. The number of pyridine rings is 1. The number of rotatable bonds is 2. The lowest BCUT2D eigenvalue weighted by Crippen LogP contribution is -2.02. The smallest absolute Gasteiger partial charge is 0.142 e. The van der Waals surface area contributed by atoms with Gasteiger partial charge < -0.3 is 15.3 Å². The van der Waals surface area contributed by atoms with E-state index in [-0.39, 0.29) is 19.0 Å². The normalized spacial score (nSPS) is 10.5. The summed E-state index contributed by atoms with van der Waals surface area (Å²) in [7, 11) is 0. The molecule has 0 aliphatic rings. The third kappa shape index (κ3) is 1.92. The zero-order valence-electron chi connectivity index (χ0n) is 7.08. The average molecular weight is 295 g/mol. The molecule has 3 N–H and O–H groups in total. The van der Waals surface area contributed by atoms with Crippen molar-refractivity contribution in [1.82, 2.24) is 4.98 Å². The van der Waals surface area contributed by atoms with Crippen LogP contribution in [-0.4, -0.2) is 20.3 Å². The largest absolute Gasteiger partial charge is 0.506 e. The third-order valence-electron chi connectivity index (χ3n) is 1.82. The molecule has 0 saturated carbocycles. The van der Waals surface area contributed by atoms with Gasteiger partial charge in [0.1, 0.15) is 9.45 Å². The molecule has 0 amide bonds. The van der Waals surface area contributed by atoms with Gasteiger partial charge in [-0.2, -0.15) is 0 Å². The minimum atomic E-state index is -0.291. The van der Waals surface area contributed by atoms with Crippen LogP contribution in [0.4, 0.5) is 0 Å². The van der Waals surface area contributed by atoms with Crippen molar-refractivity contribution in [1.29, 1.82) is 0 Å². The highest BCUT2D eigenvalue weighted by Crippen LogP contribution is 2.27. The second kappa shape index (κ2) is 4.21. The molecule has 1 aromatic heterocycles. The maximum Gasteiger partial charge on any atom is 0.142 e. The SMILES string of the molecule is Cc1nc(I)c(CO)c(CO)c1O. The van der Waals surface area contributed by atoms with Gasteiger partial charge in [0.25, 0.3) is 0 Å². The fourth-order valence-electron chi connectivity index (χ4n) is 1.08. The number of halogens is 1. The summed E-state index contributed by atoms with van der Waals surface area (Å²) in [5.41, 5.74) is 1.32. The summed E-state index contributed by atoms with van der Waals surface area (Å²) in [6, 6.07) is 0.